The van der Waals surface area contributed by atoms with Crippen molar-refractivity contribution in [3.05, 3.63) is 83.0 Å². The van der Waals surface area contributed by atoms with E-state index < -0.39 is 18.7 Å². The molecular weight excluding hydrogens is 409 g/mol. The maximum Gasteiger partial charge on any atom is 0.422 e. The van der Waals surface area contributed by atoms with Gasteiger partial charge in [-0.15, -0.1) is 0 Å². The SMILES string of the molecule is O=C(Cn1c2ccccc2c(=O)c2ccccc21)Nc1ccccc1OCC(F)(F)F. The van der Waals surface area contributed by atoms with Crippen LogP contribution in [0.15, 0.2) is 77.6 Å². The predicted molar refractivity (Wildman–Crippen MR) is 112 cm³/mol. The van der Waals surface area contributed by atoms with Crippen LogP contribution in [0.4, 0.5) is 18.9 Å². The Hall–Kier alpha value is -3.81. The highest BCUT2D eigenvalue weighted by Crippen LogP contribution is 2.27. The van der Waals surface area contributed by atoms with Gasteiger partial charge in [0, 0.05) is 10.8 Å². The lowest BCUT2D eigenvalue weighted by molar-refractivity contribution is -0.153. The highest BCUT2D eigenvalue weighted by atomic mass is 19.4. The fourth-order valence-electron chi connectivity index (χ4n) is 3.44. The lowest BCUT2D eigenvalue weighted by Gasteiger charge is -2.16. The third-order valence-corrected chi connectivity index (χ3v) is 4.73. The number of benzene rings is 3. The van der Waals surface area contributed by atoms with Crippen molar-refractivity contribution in [3.63, 3.8) is 0 Å². The zero-order valence-electron chi connectivity index (χ0n) is 16.1. The Kier molecular flexibility index (Phi) is 5.37. The molecule has 3 aromatic carbocycles. The number of alkyl halides is 3. The zero-order valence-corrected chi connectivity index (χ0v) is 16.1. The van der Waals surface area contributed by atoms with Crippen LogP contribution in [-0.4, -0.2) is 23.3 Å². The van der Waals surface area contributed by atoms with Crippen LogP contribution in [0, 0.1) is 0 Å². The number of aromatic nitrogens is 1. The fourth-order valence-corrected chi connectivity index (χ4v) is 3.44. The van der Waals surface area contributed by atoms with Gasteiger partial charge < -0.3 is 14.6 Å². The molecule has 0 atom stereocenters. The van der Waals surface area contributed by atoms with E-state index >= 15 is 0 Å². The van der Waals surface area contributed by atoms with Gasteiger partial charge in [-0.25, -0.2) is 0 Å². The first-order chi connectivity index (χ1) is 14.8. The number of nitrogens with one attached hydrogen (secondary N) is 1. The molecule has 8 heteroatoms. The molecule has 5 nitrogen and oxygen atoms in total. The summed E-state index contributed by atoms with van der Waals surface area (Å²) in [5, 5.41) is 3.56. The standard InChI is InChI=1S/C23H17F3N2O3/c24-23(25,26)14-31-20-12-6-3-9-17(20)27-21(29)13-28-18-10-4-1-7-15(18)22(30)16-8-2-5-11-19(16)28/h1-12H,13-14H2,(H,27,29). The van der Waals surface area contributed by atoms with Crippen LogP contribution in [0.3, 0.4) is 0 Å². The smallest absolute Gasteiger partial charge is 0.422 e. The quantitative estimate of drug-likeness (QED) is 0.469. The number of pyridine rings is 1. The van der Waals surface area contributed by atoms with E-state index in [1.54, 1.807) is 59.2 Å². The summed E-state index contributed by atoms with van der Waals surface area (Å²) in [5.41, 5.74) is 1.17. The molecule has 0 aliphatic rings. The number of anilines is 1. The number of ether oxygens (including phenoxy) is 1. The van der Waals surface area contributed by atoms with Crippen molar-refractivity contribution in [2.75, 3.05) is 11.9 Å². The van der Waals surface area contributed by atoms with Crippen molar-refractivity contribution in [1.29, 1.82) is 0 Å². The lowest BCUT2D eigenvalue weighted by atomic mass is 10.1. The molecule has 0 fully saturated rings. The van der Waals surface area contributed by atoms with E-state index in [9.17, 15) is 22.8 Å². The Bertz CT molecular complexity index is 1270. The van der Waals surface area contributed by atoms with Crippen molar-refractivity contribution in [2.24, 2.45) is 0 Å². The molecule has 4 rings (SSSR count). The van der Waals surface area contributed by atoms with Crippen LogP contribution in [0.5, 0.6) is 5.75 Å². The first-order valence-corrected chi connectivity index (χ1v) is 9.42. The molecule has 0 aliphatic heterocycles. The normalized spacial score (nSPS) is 11.6. The minimum Gasteiger partial charge on any atom is -0.482 e. The molecule has 31 heavy (non-hydrogen) atoms. The van der Waals surface area contributed by atoms with Gasteiger partial charge in [-0.2, -0.15) is 13.2 Å². The van der Waals surface area contributed by atoms with Gasteiger partial charge in [0.1, 0.15) is 12.3 Å². The third-order valence-electron chi connectivity index (χ3n) is 4.73. The summed E-state index contributed by atoms with van der Waals surface area (Å²) < 4.78 is 44.1. The number of carbonyl (C=O) groups is 1. The average Bonchev–Trinajstić information content (AvgIpc) is 2.75. The number of fused-ring (bicyclic) bond motifs is 2. The maximum atomic E-state index is 12.8. The van der Waals surface area contributed by atoms with Crippen molar-refractivity contribution in [3.8, 4) is 5.75 Å². The van der Waals surface area contributed by atoms with Gasteiger partial charge in [-0.1, -0.05) is 36.4 Å². The van der Waals surface area contributed by atoms with Gasteiger partial charge in [-0.3, -0.25) is 9.59 Å². The molecule has 0 saturated carbocycles. The first kappa shape index (κ1) is 20.5. The van der Waals surface area contributed by atoms with E-state index in [0.717, 1.165) is 0 Å². The number of para-hydroxylation sites is 4. The zero-order chi connectivity index (χ0) is 22.0. The molecule has 0 saturated heterocycles. The molecular formula is C23H17F3N2O3. The molecule has 4 aromatic rings. The molecule has 158 valence electrons. The van der Waals surface area contributed by atoms with E-state index in [1.165, 1.54) is 18.2 Å². The van der Waals surface area contributed by atoms with Gasteiger partial charge >= 0.3 is 6.18 Å². The highest BCUT2D eigenvalue weighted by molar-refractivity contribution is 5.97. The first-order valence-electron chi connectivity index (χ1n) is 9.42. The number of hydrogen-bond donors (Lipinski definition) is 1. The summed E-state index contributed by atoms with van der Waals surface area (Å²) in [6, 6.07) is 19.8. The molecule has 0 radical (unpaired) electrons. The Morgan fingerprint density at radius 3 is 2.03 bits per heavy atom. The Balaban J connectivity index is 1.67. The molecule has 0 spiro atoms. The number of nitrogens with zero attached hydrogens (tertiary/aromatic N) is 1. The average molecular weight is 426 g/mol. The van der Waals surface area contributed by atoms with E-state index in [-0.39, 0.29) is 23.4 Å². The van der Waals surface area contributed by atoms with Crippen molar-refractivity contribution in [1.82, 2.24) is 4.57 Å². The summed E-state index contributed by atoms with van der Waals surface area (Å²) in [6.45, 7) is -1.61. The second kappa shape index (κ2) is 8.14. The van der Waals surface area contributed by atoms with Crippen LogP contribution in [-0.2, 0) is 11.3 Å². The molecule has 1 heterocycles. The monoisotopic (exact) mass is 426 g/mol. The summed E-state index contributed by atoms with van der Waals surface area (Å²) in [7, 11) is 0. The second-order valence-electron chi connectivity index (χ2n) is 6.90. The highest BCUT2D eigenvalue weighted by Gasteiger charge is 2.29. The number of halogens is 3. The van der Waals surface area contributed by atoms with Crippen LogP contribution in [0.2, 0.25) is 0 Å². The number of carbonyl (C=O) groups excluding carboxylic acids is 1. The van der Waals surface area contributed by atoms with Gasteiger partial charge in [-0.05, 0) is 36.4 Å². The van der Waals surface area contributed by atoms with Crippen LogP contribution < -0.4 is 15.5 Å². The number of hydrogen-bond acceptors (Lipinski definition) is 3. The Morgan fingerprint density at radius 2 is 1.42 bits per heavy atom. The van der Waals surface area contributed by atoms with Crippen LogP contribution >= 0.6 is 0 Å². The second-order valence-corrected chi connectivity index (χ2v) is 6.90. The summed E-state index contributed by atoms with van der Waals surface area (Å²) in [6.07, 6.45) is -4.50. The molecule has 0 bridgehead atoms. The molecule has 0 unspecified atom stereocenters. The largest absolute Gasteiger partial charge is 0.482 e. The minimum atomic E-state index is -4.50. The summed E-state index contributed by atoms with van der Waals surface area (Å²) >= 11 is 0. The van der Waals surface area contributed by atoms with Gasteiger partial charge in [0.25, 0.3) is 0 Å². The maximum absolute atomic E-state index is 12.8. The van der Waals surface area contributed by atoms with Crippen molar-refractivity contribution < 1.29 is 22.7 Å². The predicted octanol–water partition coefficient (Wildman–Crippen LogP) is 4.73. The van der Waals surface area contributed by atoms with E-state index in [2.05, 4.69) is 5.32 Å². The lowest BCUT2D eigenvalue weighted by Crippen LogP contribution is -2.23. The van der Waals surface area contributed by atoms with Crippen molar-refractivity contribution >= 4 is 33.4 Å². The number of amides is 1. The van der Waals surface area contributed by atoms with Crippen molar-refractivity contribution in [2.45, 2.75) is 12.7 Å². The summed E-state index contributed by atoms with van der Waals surface area (Å²) in [5.74, 6) is -0.551. The minimum absolute atomic E-state index is 0.0807. The number of rotatable bonds is 5. The molecule has 1 N–H and O–H groups in total. The van der Waals surface area contributed by atoms with Crippen LogP contribution in [0.1, 0.15) is 0 Å². The van der Waals surface area contributed by atoms with E-state index in [1.807, 2.05) is 0 Å². The third kappa shape index (κ3) is 4.37. The Morgan fingerprint density at radius 1 is 0.871 bits per heavy atom. The fraction of sp³-hybridized carbons (Fsp3) is 0.130. The van der Waals surface area contributed by atoms with Gasteiger partial charge in [0.2, 0.25) is 5.91 Å². The van der Waals surface area contributed by atoms with E-state index in [0.29, 0.717) is 21.8 Å². The molecule has 0 aliphatic carbocycles. The van der Waals surface area contributed by atoms with Gasteiger partial charge in [0.05, 0.1) is 16.7 Å². The topological polar surface area (TPSA) is 60.3 Å². The summed E-state index contributed by atoms with van der Waals surface area (Å²) in [4.78, 5) is 25.6. The van der Waals surface area contributed by atoms with Gasteiger partial charge in [0.15, 0.2) is 12.0 Å². The molecule has 1 aromatic heterocycles. The van der Waals surface area contributed by atoms with E-state index in [4.69, 9.17) is 4.74 Å². The molecule has 1 amide bonds. The van der Waals surface area contributed by atoms with Crippen LogP contribution in [0.25, 0.3) is 21.8 Å². The Labute approximate surface area is 174 Å².